The number of carbonyl (C=O) groups is 1. The van der Waals surface area contributed by atoms with E-state index in [-0.39, 0.29) is 0 Å². The van der Waals surface area contributed by atoms with Gasteiger partial charge in [0.05, 0.1) is 5.92 Å². The maximum Gasteiger partial charge on any atom is 0.310 e. The molecule has 1 heterocycles. The number of aliphatic carboxylic acids is 1. The number of aryl methyl sites for hydroxylation is 1. The molecule has 2 aromatic carbocycles. The minimum atomic E-state index is -0.808. The van der Waals surface area contributed by atoms with E-state index in [1.807, 2.05) is 12.1 Å². The molecule has 0 fully saturated rings. The minimum Gasteiger partial charge on any atom is -0.481 e. The van der Waals surface area contributed by atoms with Crippen LogP contribution in [-0.4, -0.2) is 16.1 Å². The van der Waals surface area contributed by atoms with E-state index in [9.17, 15) is 9.90 Å². The van der Waals surface area contributed by atoms with Crippen LogP contribution >= 0.6 is 0 Å². The molecule has 3 aromatic rings. The van der Waals surface area contributed by atoms with E-state index in [1.54, 1.807) is 13.1 Å². The van der Waals surface area contributed by atoms with Gasteiger partial charge in [0.15, 0.2) is 0 Å². The van der Waals surface area contributed by atoms with E-state index < -0.39 is 11.9 Å². The molecule has 0 radical (unpaired) electrons. The van der Waals surface area contributed by atoms with Gasteiger partial charge < -0.3 is 10.1 Å². The number of nitrogens with one attached hydrogen (secondary N) is 1. The summed E-state index contributed by atoms with van der Waals surface area (Å²) < 4.78 is 0. The van der Waals surface area contributed by atoms with E-state index in [2.05, 4.69) is 42.2 Å². The summed E-state index contributed by atoms with van der Waals surface area (Å²) >= 11 is 0. The van der Waals surface area contributed by atoms with Crippen LogP contribution in [0.5, 0.6) is 0 Å². The van der Waals surface area contributed by atoms with Gasteiger partial charge >= 0.3 is 5.97 Å². The normalized spacial score (nSPS) is 12.5. The molecule has 0 aliphatic heterocycles. The molecule has 0 amide bonds. The average Bonchev–Trinajstić information content (AvgIpc) is 2.89. The highest BCUT2D eigenvalue weighted by Gasteiger charge is 2.18. The lowest BCUT2D eigenvalue weighted by Crippen LogP contribution is -2.06. The van der Waals surface area contributed by atoms with Gasteiger partial charge in [-0.2, -0.15) is 0 Å². The third-order valence-electron chi connectivity index (χ3n) is 3.90. The molecule has 3 rings (SSSR count). The summed E-state index contributed by atoms with van der Waals surface area (Å²) in [4.78, 5) is 14.4. The van der Waals surface area contributed by atoms with E-state index >= 15 is 0 Å². The number of benzene rings is 2. The number of hydrogen-bond acceptors (Lipinski definition) is 1. The standard InChI is InChI=1S/C18H17NO2/c1-11-4-3-5-13(8-11)14-6-7-17-15(9-14)16(10-19-17)12(2)18(20)21/h3-10,12,19H,1-2H3,(H,20,21). The molecule has 0 bridgehead atoms. The summed E-state index contributed by atoms with van der Waals surface area (Å²) in [5.74, 6) is -1.33. The number of aromatic nitrogens is 1. The van der Waals surface area contributed by atoms with E-state index in [1.165, 1.54) is 5.56 Å². The number of fused-ring (bicyclic) bond motifs is 1. The molecule has 1 unspecified atom stereocenters. The van der Waals surface area contributed by atoms with Crippen molar-refractivity contribution in [2.24, 2.45) is 0 Å². The second kappa shape index (κ2) is 5.09. The lowest BCUT2D eigenvalue weighted by atomic mass is 9.97. The molecule has 3 heteroatoms. The number of rotatable bonds is 3. The fraction of sp³-hybridized carbons (Fsp3) is 0.167. The predicted octanol–water partition coefficient (Wildman–Crippen LogP) is 4.33. The van der Waals surface area contributed by atoms with Crippen molar-refractivity contribution in [2.45, 2.75) is 19.8 Å². The first-order chi connectivity index (χ1) is 10.1. The van der Waals surface area contributed by atoms with Gasteiger partial charge in [0, 0.05) is 17.1 Å². The van der Waals surface area contributed by atoms with Crippen LogP contribution in [0.25, 0.3) is 22.0 Å². The minimum absolute atomic E-state index is 0.522. The molecule has 0 aliphatic carbocycles. The van der Waals surface area contributed by atoms with Crippen LogP contribution in [0, 0.1) is 6.92 Å². The molecular formula is C18H17NO2. The summed E-state index contributed by atoms with van der Waals surface area (Å²) in [6.45, 7) is 3.78. The smallest absolute Gasteiger partial charge is 0.310 e. The molecule has 0 aliphatic rings. The van der Waals surface area contributed by atoms with Gasteiger partial charge in [0.25, 0.3) is 0 Å². The quantitative estimate of drug-likeness (QED) is 0.749. The number of carboxylic acids is 1. The number of H-pyrrole nitrogens is 1. The van der Waals surface area contributed by atoms with Crippen LogP contribution in [-0.2, 0) is 4.79 Å². The predicted molar refractivity (Wildman–Crippen MR) is 84.5 cm³/mol. The lowest BCUT2D eigenvalue weighted by Gasteiger charge is -2.07. The summed E-state index contributed by atoms with van der Waals surface area (Å²) in [5, 5.41) is 10.2. The van der Waals surface area contributed by atoms with Crippen molar-refractivity contribution < 1.29 is 9.90 Å². The Morgan fingerprint density at radius 2 is 1.90 bits per heavy atom. The maximum atomic E-state index is 11.2. The van der Waals surface area contributed by atoms with Crippen molar-refractivity contribution in [3.05, 3.63) is 59.8 Å². The zero-order valence-corrected chi connectivity index (χ0v) is 12.1. The third kappa shape index (κ3) is 2.42. The zero-order chi connectivity index (χ0) is 15.0. The first kappa shape index (κ1) is 13.4. The summed E-state index contributed by atoms with van der Waals surface area (Å²) in [6, 6.07) is 14.4. The van der Waals surface area contributed by atoms with Crippen LogP contribution in [0.1, 0.15) is 24.0 Å². The second-order valence-corrected chi connectivity index (χ2v) is 5.43. The van der Waals surface area contributed by atoms with Crippen LogP contribution in [0.3, 0.4) is 0 Å². The highest BCUT2D eigenvalue weighted by molar-refractivity contribution is 5.92. The van der Waals surface area contributed by atoms with Crippen molar-refractivity contribution in [3.8, 4) is 11.1 Å². The van der Waals surface area contributed by atoms with Gasteiger partial charge in [-0.3, -0.25) is 4.79 Å². The highest BCUT2D eigenvalue weighted by Crippen LogP contribution is 2.30. The van der Waals surface area contributed by atoms with Crippen LogP contribution < -0.4 is 0 Å². The zero-order valence-electron chi connectivity index (χ0n) is 12.1. The Balaban J connectivity index is 2.15. The Bertz CT molecular complexity index is 817. The first-order valence-electron chi connectivity index (χ1n) is 6.97. The van der Waals surface area contributed by atoms with Crippen molar-refractivity contribution >= 4 is 16.9 Å². The molecule has 21 heavy (non-hydrogen) atoms. The van der Waals surface area contributed by atoms with E-state index in [4.69, 9.17) is 0 Å². The topological polar surface area (TPSA) is 53.1 Å². The number of aromatic amines is 1. The lowest BCUT2D eigenvalue weighted by molar-refractivity contribution is -0.138. The van der Waals surface area contributed by atoms with Crippen LogP contribution in [0.4, 0.5) is 0 Å². The van der Waals surface area contributed by atoms with Crippen LogP contribution in [0.15, 0.2) is 48.7 Å². The third-order valence-corrected chi connectivity index (χ3v) is 3.90. The molecular weight excluding hydrogens is 262 g/mol. The highest BCUT2D eigenvalue weighted by atomic mass is 16.4. The molecule has 0 spiro atoms. The number of hydrogen-bond donors (Lipinski definition) is 2. The molecule has 0 saturated heterocycles. The van der Waals surface area contributed by atoms with Gasteiger partial charge in [-0.15, -0.1) is 0 Å². The van der Waals surface area contributed by atoms with Crippen LogP contribution in [0.2, 0.25) is 0 Å². The maximum absolute atomic E-state index is 11.2. The Kier molecular flexibility index (Phi) is 3.26. The molecule has 3 nitrogen and oxygen atoms in total. The first-order valence-corrected chi connectivity index (χ1v) is 6.97. The molecule has 106 valence electrons. The average molecular weight is 279 g/mol. The van der Waals surface area contributed by atoms with Crippen molar-refractivity contribution in [2.75, 3.05) is 0 Å². The van der Waals surface area contributed by atoms with Crippen molar-refractivity contribution in [1.82, 2.24) is 4.98 Å². The van der Waals surface area contributed by atoms with Gasteiger partial charge in [-0.25, -0.2) is 0 Å². The fourth-order valence-electron chi connectivity index (χ4n) is 2.64. The Morgan fingerprint density at radius 1 is 1.14 bits per heavy atom. The van der Waals surface area contributed by atoms with Gasteiger partial charge in [0.2, 0.25) is 0 Å². The number of carboxylic acid groups (broad SMARTS) is 1. The van der Waals surface area contributed by atoms with Gasteiger partial charge in [-0.1, -0.05) is 35.9 Å². The fourth-order valence-corrected chi connectivity index (χ4v) is 2.64. The van der Waals surface area contributed by atoms with E-state index in [0.29, 0.717) is 0 Å². The van der Waals surface area contributed by atoms with Crippen molar-refractivity contribution in [1.29, 1.82) is 0 Å². The Morgan fingerprint density at radius 3 is 2.62 bits per heavy atom. The van der Waals surface area contributed by atoms with Gasteiger partial charge in [-0.05, 0) is 42.7 Å². The van der Waals surface area contributed by atoms with E-state index in [0.717, 1.165) is 27.6 Å². The Labute approximate surface area is 123 Å². The van der Waals surface area contributed by atoms with Gasteiger partial charge in [0.1, 0.15) is 0 Å². The molecule has 1 atom stereocenters. The Hall–Kier alpha value is -2.55. The molecule has 2 N–H and O–H groups in total. The van der Waals surface area contributed by atoms with Crippen molar-refractivity contribution in [3.63, 3.8) is 0 Å². The summed E-state index contributed by atoms with van der Waals surface area (Å²) in [6.07, 6.45) is 1.80. The second-order valence-electron chi connectivity index (χ2n) is 5.43. The monoisotopic (exact) mass is 279 g/mol. The summed E-state index contributed by atoms with van der Waals surface area (Å²) in [7, 11) is 0. The molecule has 1 aromatic heterocycles. The largest absolute Gasteiger partial charge is 0.481 e. The summed E-state index contributed by atoms with van der Waals surface area (Å²) in [5.41, 5.74) is 5.25. The molecule has 0 saturated carbocycles. The SMILES string of the molecule is Cc1cccc(-c2ccc3[nH]cc(C(C)C(=O)O)c3c2)c1.